The lowest BCUT2D eigenvalue weighted by atomic mass is 9.88. The van der Waals surface area contributed by atoms with Crippen LogP contribution in [0.15, 0.2) is 34.4 Å². The maximum Gasteiger partial charge on any atom is 0.339 e. The molecule has 3 aromatic heterocycles. The molecular weight excluding hydrogens is 388 g/mol. The van der Waals surface area contributed by atoms with Crippen LogP contribution in [0.1, 0.15) is 40.0 Å². The summed E-state index contributed by atoms with van der Waals surface area (Å²) >= 11 is 1.64. The van der Waals surface area contributed by atoms with Crippen LogP contribution in [0.4, 0.5) is 0 Å². The van der Waals surface area contributed by atoms with Crippen LogP contribution < -0.4 is 5.56 Å². The molecule has 0 spiro atoms. The molecule has 29 heavy (non-hydrogen) atoms. The Hall–Kier alpha value is -3.00. The first-order valence-corrected chi connectivity index (χ1v) is 10.5. The second kappa shape index (κ2) is 6.81. The van der Waals surface area contributed by atoms with E-state index in [9.17, 15) is 9.59 Å². The van der Waals surface area contributed by atoms with Gasteiger partial charge in [0.25, 0.3) is 5.56 Å². The van der Waals surface area contributed by atoms with E-state index in [2.05, 4.69) is 17.1 Å². The lowest BCUT2D eigenvalue weighted by Gasteiger charge is -2.18. The van der Waals surface area contributed by atoms with E-state index in [1.54, 1.807) is 28.9 Å². The van der Waals surface area contributed by atoms with Crippen LogP contribution in [0, 0.1) is 5.92 Å². The van der Waals surface area contributed by atoms with Gasteiger partial charge in [-0.05, 0) is 42.9 Å². The van der Waals surface area contributed by atoms with Crippen molar-refractivity contribution >= 4 is 34.0 Å². The van der Waals surface area contributed by atoms with Crippen molar-refractivity contribution in [3.63, 3.8) is 0 Å². The zero-order valence-electron chi connectivity index (χ0n) is 16.2. The number of thiophene rings is 1. The average Bonchev–Trinajstić information content (AvgIpc) is 3.34. The molecule has 1 aromatic carbocycles. The molecule has 0 saturated carbocycles. The number of hydrogen-bond donors (Lipinski definition) is 0. The standard InChI is InChI=1S/C21H20N4O3S/c1-12-7-8-13-15(11-29-17(13)9-12)20(27)28-10-18-22-23-21-24(2)19(26)14-5-3-4-6-16(14)25(18)21/h3-6,11-12H,7-10H2,1-2H3. The van der Waals surface area contributed by atoms with Crippen molar-refractivity contribution in [3.8, 4) is 0 Å². The fraction of sp³-hybridized carbons (Fsp3) is 0.333. The zero-order valence-corrected chi connectivity index (χ0v) is 17.0. The van der Waals surface area contributed by atoms with Gasteiger partial charge in [0, 0.05) is 17.3 Å². The number of para-hydroxylation sites is 1. The van der Waals surface area contributed by atoms with Crippen LogP contribution in [-0.4, -0.2) is 25.1 Å². The van der Waals surface area contributed by atoms with E-state index < -0.39 is 0 Å². The maximum atomic E-state index is 12.7. The lowest BCUT2D eigenvalue weighted by molar-refractivity contribution is 0.0460. The number of aryl methyl sites for hydroxylation is 1. The monoisotopic (exact) mass is 408 g/mol. The molecule has 3 heterocycles. The van der Waals surface area contributed by atoms with Gasteiger partial charge in [-0.25, -0.2) is 4.79 Å². The SMILES string of the molecule is CC1CCc2c(C(=O)OCc3nnc4n(C)c(=O)c5ccccc5n34)csc2C1. The van der Waals surface area contributed by atoms with Crippen LogP contribution in [0.3, 0.4) is 0 Å². The van der Waals surface area contributed by atoms with Gasteiger partial charge in [-0.3, -0.25) is 13.8 Å². The van der Waals surface area contributed by atoms with Gasteiger partial charge in [-0.2, -0.15) is 0 Å². The minimum absolute atomic E-state index is 0.0107. The molecular formula is C21H20N4O3S. The second-order valence-electron chi connectivity index (χ2n) is 7.61. The third kappa shape index (κ3) is 2.86. The largest absolute Gasteiger partial charge is 0.454 e. The third-order valence-corrected chi connectivity index (χ3v) is 6.70. The van der Waals surface area contributed by atoms with E-state index in [0.29, 0.717) is 34.0 Å². The zero-order chi connectivity index (χ0) is 20.1. The Kier molecular flexibility index (Phi) is 4.24. The van der Waals surface area contributed by atoms with Gasteiger partial charge in [0.15, 0.2) is 12.4 Å². The summed E-state index contributed by atoms with van der Waals surface area (Å²) in [5, 5.41) is 10.8. The Morgan fingerprint density at radius 3 is 3.00 bits per heavy atom. The molecule has 0 amide bonds. The maximum absolute atomic E-state index is 12.7. The van der Waals surface area contributed by atoms with Crippen molar-refractivity contribution in [2.75, 3.05) is 0 Å². The molecule has 0 bridgehead atoms. The molecule has 1 aliphatic rings. The Bertz CT molecular complexity index is 1320. The molecule has 8 heteroatoms. The highest BCUT2D eigenvalue weighted by molar-refractivity contribution is 7.10. The molecule has 1 unspecified atom stereocenters. The fourth-order valence-corrected chi connectivity index (χ4v) is 5.28. The van der Waals surface area contributed by atoms with E-state index in [-0.39, 0.29) is 18.1 Å². The Balaban J connectivity index is 1.48. The average molecular weight is 408 g/mol. The molecule has 0 fully saturated rings. The van der Waals surface area contributed by atoms with Gasteiger partial charge in [-0.1, -0.05) is 19.1 Å². The Morgan fingerprint density at radius 1 is 1.31 bits per heavy atom. The minimum atomic E-state index is -0.331. The molecule has 1 aliphatic carbocycles. The molecule has 5 rings (SSSR count). The number of hydrogen-bond acceptors (Lipinski definition) is 6. The van der Waals surface area contributed by atoms with E-state index in [1.165, 1.54) is 9.44 Å². The van der Waals surface area contributed by atoms with Crippen molar-refractivity contribution in [1.29, 1.82) is 0 Å². The first-order valence-electron chi connectivity index (χ1n) is 9.62. The first kappa shape index (κ1) is 18.1. The second-order valence-corrected chi connectivity index (χ2v) is 8.57. The number of fused-ring (bicyclic) bond motifs is 4. The molecule has 7 nitrogen and oxygen atoms in total. The topological polar surface area (TPSA) is 78.5 Å². The quantitative estimate of drug-likeness (QED) is 0.487. The van der Waals surface area contributed by atoms with E-state index in [0.717, 1.165) is 24.8 Å². The van der Waals surface area contributed by atoms with Gasteiger partial charge in [0.2, 0.25) is 5.78 Å². The summed E-state index contributed by atoms with van der Waals surface area (Å²) in [4.78, 5) is 26.6. The van der Waals surface area contributed by atoms with E-state index in [4.69, 9.17) is 4.74 Å². The normalized spacial score (nSPS) is 16.3. The molecule has 148 valence electrons. The van der Waals surface area contributed by atoms with Crippen molar-refractivity contribution in [2.45, 2.75) is 32.8 Å². The van der Waals surface area contributed by atoms with E-state index in [1.807, 2.05) is 23.6 Å². The van der Waals surface area contributed by atoms with Gasteiger partial charge in [-0.15, -0.1) is 21.5 Å². The van der Waals surface area contributed by atoms with Crippen LogP contribution in [-0.2, 0) is 31.2 Å². The van der Waals surface area contributed by atoms with Crippen LogP contribution >= 0.6 is 11.3 Å². The van der Waals surface area contributed by atoms with Gasteiger partial charge >= 0.3 is 5.97 Å². The molecule has 0 saturated heterocycles. The number of ether oxygens (including phenoxy) is 1. The van der Waals surface area contributed by atoms with Crippen molar-refractivity contribution in [1.82, 2.24) is 19.2 Å². The van der Waals surface area contributed by atoms with Crippen molar-refractivity contribution < 1.29 is 9.53 Å². The highest BCUT2D eigenvalue weighted by Crippen LogP contribution is 2.33. The van der Waals surface area contributed by atoms with Gasteiger partial charge in [0.05, 0.1) is 16.5 Å². The van der Waals surface area contributed by atoms with Crippen LogP contribution in [0.2, 0.25) is 0 Å². The molecule has 0 aliphatic heterocycles. The highest BCUT2D eigenvalue weighted by atomic mass is 32.1. The summed E-state index contributed by atoms with van der Waals surface area (Å²) in [6, 6.07) is 7.29. The smallest absolute Gasteiger partial charge is 0.339 e. The minimum Gasteiger partial charge on any atom is -0.454 e. The highest BCUT2D eigenvalue weighted by Gasteiger charge is 2.24. The number of carbonyl (C=O) groups is 1. The van der Waals surface area contributed by atoms with E-state index >= 15 is 0 Å². The number of carbonyl (C=O) groups excluding carboxylic acids is 1. The first-order chi connectivity index (χ1) is 14.0. The molecule has 0 radical (unpaired) electrons. The van der Waals surface area contributed by atoms with Gasteiger partial charge < -0.3 is 4.74 Å². The summed E-state index contributed by atoms with van der Waals surface area (Å²) < 4.78 is 8.84. The third-order valence-electron chi connectivity index (χ3n) is 5.65. The van der Waals surface area contributed by atoms with Crippen LogP contribution in [0.25, 0.3) is 16.7 Å². The van der Waals surface area contributed by atoms with Crippen molar-refractivity contribution in [2.24, 2.45) is 13.0 Å². The number of esters is 1. The number of nitrogens with zero attached hydrogens (tertiary/aromatic N) is 4. The molecule has 1 atom stereocenters. The fourth-order valence-electron chi connectivity index (χ4n) is 4.04. The van der Waals surface area contributed by atoms with Gasteiger partial charge in [0.1, 0.15) is 0 Å². The molecule has 4 aromatic rings. The lowest BCUT2D eigenvalue weighted by Crippen LogP contribution is -2.20. The molecule has 0 N–H and O–H groups in total. The van der Waals surface area contributed by atoms with Crippen molar-refractivity contribution in [3.05, 3.63) is 61.8 Å². The summed E-state index contributed by atoms with van der Waals surface area (Å²) in [6.07, 6.45) is 3.05. The number of rotatable bonds is 3. The Morgan fingerprint density at radius 2 is 2.14 bits per heavy atom. The predicted octanol–water partition coefficient (Wildman–Crippen LogP) is 3.12. The number of aromatic nitrogens is 4. The summed E-state index contributed by atoms with van der Waals surface area (Å²) in [5.41, 5.74) is 2.37. The summed E-state index contributed by atoms with van der Waals surface area (Å²) in [7, 11) is 1.66. The van der Waals surface area contributed by atoms with Crippen LogP contribution in [0.5, 0.6) is 0 Å². The Labute approximate surface area is 170 Å². The summed E-state index contributed by atoms with van der Waals surface area (Å²) in [6.45, 7) is 2.23. The summed E-state index contributed by atoms with van der Waals surface area (Å²) in [5.74, 6) is 1.23. The predicted molar refractivity (Wildman–Crippen MR) is 110 cm³/mol. The number of benzene rings is 1.